The summed E-state index contributed by atoms with van der Waals surface area (Å²) in [7, 11) is 0. The number of hydrogen-bond donors (Lipinski definition) is 1. The van der Waals surface area contributed by atoms with Gasteiger partial charge in [-0.3, -0.25) is 9.48 Å². The molecule has 2 aromatic heterocycles. The molecule has 1 aliphatic carbocycles. The van der Waals surface area contributed by atoms with Crippen LogP contribution in [0.5, 0.6) is 0 Å². The lowest BCUT2D eigenvalue weighted by Gasteiger charge is -2.24. The quantitative estimate of drug-likeness (QED) is 0.451. The Morgan fingerprint density at radius 3 is 2.59 bits per heavy atom. The highest BCUT2D eigenvalue weighted by Crippen LogP contribution is 2.30. The predicted molar refractivity (Wildman–Crippen MR) is 127 cm³/mol. The molecule has 6 heteroatoms. The van der Waals surface area contributed by atoms with Gasteiger partial charge in [0.25, 0.3) is 0 Å². The van der Waals surface area contributed by atoms with Gasteiger partial charge in [0.15, 0.2) is 0 Å². The minimum Gasteiger partial charge on any atom is -0.349 e. The summed E-state index contributed by atoms with van der Waals surface area (Å²) in [5, 5.41) is 10.9. The zero-order valence-electron chi connectivity index (χ0n) is 17.9. The van der Waals surface area contributed by atoms with Crippen molar-refractivity contribution < 1.29 is 4.79 Å². The molecule has 2 aromatic carbocycles. The van der Waals surface area contributed by atoms with E-state index < -0.39 is 0 Å². The molecule has 0 saturated heterocycles. The van der Waals surface area contributed by atoms with Crippen molar-refractivity contribution in [3.05, 3.63) is 105 Å². The molecular formula is C26H26N4OS. The van der Waals surface area contributed by atoms with Crippen LogP contribution in [0.3, 0.4) is 0 Å². The van der Waals surface area contributed by atoms with Crippen LogP contribution < -0.4 is 5.32 Å². The van der Waals surface area contributed by atoms with Gasteiger partial charge in [0.05, 0.1) is 35.9 Å². The molecule has 1 atom stereocenters. The van der Waals surface area contributed by atoms with E-state index in [1.165, 1.54) is 16.8 Å². The first-order valence-corrected chi connectivity index (χ1v) is 12.0. The molecule has 0 bridgehead atoms. The topological polar surface area (TPSA) is 59.8 Å². The summed E-state index contributed by atoms with van der Waals surface area (Å²) in [4.78, 5) is 17.5. The minimum absolute atomic E-state index is 0.0234. The Morgan fingerprint density at radius 1 is 1.06 bits per heavy atom. The molecule has 2 heterocycles. The van der Waals surface area contributed by atoms with Gasteiger partial charge in [-0.2, -0.15) is 5.10 Å². The van der Waals surface area contributed by atoms with Crippen molar-refractivity contribution in [3.63, 3.8) is 0 Å². The molecule has 0 fully saturated rings. The van der Waals surface area contributed by atoms with Crippen LogP contribution in [-0.4, -0.2) is 20.7 Å². The number of hydrogen-bond acceptors (Lipinski definition) is 4. The molecular weight excluding hydrogens is 416 g/mol. The molecule has 0 saturated carbocycles. The summed E-state index contributed by atoms with van der Waals surface area (Å²) in [6.07, 6.45) is 6.06. The normalized spacial score (nSPS) is 15.3. The first-order valence-electron chi connectivity index (χ1n) is 11.1. The van der Waals surface area contributed by atoms with E-state index >= 15 is 0 Å². The maximum absolute atomic E-state index is 12.8. The molecule has 1 amide bonds. The maximum Gasteiger partial charge on any atom is 0.226 e. The number of thiazole rings is 1. The third-order valence-electron chi connectivity index (χ3n) is 5.91. The van der Waals surface area contributed by atoms with Gasteiger partial charge in [-0.15, -0.1) is 11.3 Å². The summed E-state index contributed by atoms with van der Waals surface area (Å²) >= 11 is 1.62. The largest absolute Gasteiger partial charge is 0.349 e. The summed E-state index contributed by atoms with van der Waals surface area (Å²) in [5.74, 6) is 0.0234. The first-order chi connectivity index (χ1) is 15.7. The number of rotatable bonds is 7. The van der Waals surface area contributed by atoms with Crippen molar-refractivity contribution in [2.24, 2.45) is 0 Å². The Kier molecular flexibility index (Phi) is 6.12. The van der Waals surface area contributed by atoms with Gasteiger partial charge in [-0.25, -0.2) is 4.98 Å². The fourth-order valence-corrected chi connectivity index (χ4v) is 5.18. The molecule has 5 nitrogen and oxygen atoms in total. The highest BCUT2D eigenvalue weighted by molar-refractivity contribution is 7.09. The Labute approximate surface area is 192 Å². The van der Waals surface area contributed by atoms with Gasteiger partial charge in [0.2, 0.25) is 5.91 Å². The second kappa shape index (κ2) is 9.49. The van der Waals surface area contributed by atoms with E-state index in [0.717, 1.165) is 48.5 Å². The van der Waals surface area contributed by atoms with Crippen LogP contribution in [0.15, 0.2) is 72.2 Å². The summed E-state index contributed by atoms with van der Waals surface area (Å²) in [5.41, 5.74) is 5.71. The van der Waals surface area contributed by atoms with Gasteiger partial charge in [-0.1, -0.05) is 60.7 Å². The van der Waals surface area contributed by atoms with Crippen molar-refractivity contribution in [2.75, 3.05) is 0 Å². The molecule has 1 N–H and O–H groups in total. The third-order valence-corrected chi connectivity index (χ3v) is 6.81. The number of amides is 1. The van der Waals surface area contributed by atoms with E-state index in [-0.39, 0.29) is 11.9 Å². The van der Waals surface area contributed by atoms with Crippen LogP contribution in [0.4, 0.5) is 0 Å². The van der Waals surface area contributed by atoms with Gasteiger partial charge >= 0.3 is 0 Å². The van der Waals surface area contributed by atoms with Crippen LogP contribution in [-0.2, 0) is 30.6 Å². The van der Waals surface area contributed by atoms with Crippen LogP contribution in [0.2, 0.25) is 0 Å². The van der Waals surface area contributed by atoms with Gasteiger partial charge < -0.3 is 5.32 Å². The molecule has 162 valence electrons. The standard InChI is InChI=1S/C26H26N4OS/c31-25(15-21-18-32-26(28-21)14-19-8-3-1-4-9-19)29-23-12-7-13-24-22(23)16-27-30(24)17-20-10-5-2-6-11-20/h1-6,8-11,16,18,23H,7,12-15,17H2,(H,29,31). The highest BCUT2D eigenvalue weighted by Gasteiger charge is 2.25. The Hall–Kier alpha value is -3.25. The van der Waals surface area contributed by atoms with Gasteiger partial charge in [-0.05, 0) is 30.4 Å². The lowest BCUT2D eigenvalue weighted by Crippen LogP contribution is -2.32. The number of benzene rings is 2. The minimum atomic E-state index is 0.0234. The number of aromatic nitrogens is 3. The zero-order chi connectivity index (χ0) is 21.8. The molecule has 0 aliphatic heterocycles. The molecule has 5 rings (SSSR count). The summed E-state index contributed by atoms with van der Waals surface area (Å²) in [6.45, 7) is 0.764. The predicted octanol–water partition coefficient (Wildman–Crippen LogP) is 4.72. The van der Waals surface area contributed by atoms with E-state index in [2.05, 4.69) is 56.5 Å². The Morgan fingerprint density at radius 2 is 1.81 bits per heavy atom. The van der Waals surface area contributed by atoms with Crippen LogP contribution in [0, 0.1) is 0 Å². The third kappa shape index (κ3) is 4.81. The fourth-order valence-electron chi connectivity index (χ4n) is 4.35. The average molecular weight is 443 g/mol. The van der Waals surface area contributed by atoms with E-state index in [1.54, 1.807) is 11.3 Å². The van der Waals surface area contributed by atoms with Crippen molar-refractivity contribution >= 4 is 17.2 Å². The maximum atomic E-state index is 12.8. The van der Waals surface area contributed by atoms with Crippen molar-refractivity contribution in [3.8, 4) is 0 Å². The van der Waals surface area contributed by atoms with Crippen LogP contribution >= 0.6 is 11.3 Å². The van der Waals surface area contributed by atoms with Gasteiger partial charge in [0.1, 0.15) is 0 Å². The monoisotopic (exact) mass is 442 g/mol. The second-order valence-electron chi connectivity index (χ2n) is 8.27. The number of nitrogens with one attached hydrogen (secondary N) is 1. The molecule has 1 unspecified atom stereocenters. The van der Waals surface area contributed by atoms with Crippen molar-refractivity contribution in [1.29, 1.82) is 0 Å². The molecule has 0 radical (unpaired) electrons. The van der Waals surface area contributed by atoms with Gasteiger partial charge in [0, 0.05) is 23.1 Å². The van der Waals surface area contributed by atoms with E-state index in [4.69, 9.17) is 0 Å². The van der Waals surface area contributed by atoms with E-state index in [9.17, 15) is 4.79 Å². The van der Waals surface area contributed by atoms with E-state index in [1.807, 2.05) is 35.8 Å². The van der Waals surface area contributed by atoms with Crippen molar-refractivity contribution in [2.45, 2.75) is 44.7 Å². The number of carbonyl (C=O) groups is 1. The Balaban J connectivity index is 1.22. The highest BCUT2D eigenvalue weighted by atomic mass is 32.1. The lowest BCUT2D eigenvalue weighted by molar-refractivity contribution is -0.121. The average Bonchev–Trinajstić information content (AvgIpc) is 3.43. The van der Waals surface area contributed by atoms with Crippen LogP contribution in [0.25, 0.3) is 0 Å². The van der Waals surface area contributed by atoms with Crippen molar-refractivity contribution in [1.82, 2.24) is 20.1 Å². The fraction of sp³-hybridized carbons (Fsp3) is 0.269. The summed E-state index contributed by atoms with van der Waals surface area (Å²) < 4.78 is 2.08. The second-order valence-corrected chi connectivity index (χ2v) is 9.22. The smallest absolute Gasteiger partial charge is 0.226 e. The number of fused-ring (bicyclic) bond motifs is 1. The lowest BCUT2D eigenvalue weighted by atomic mass is 9.92. The molecule has 4 aromatic rings. The molecule has 0 spiro atoms. The van der Waals surface area contributed by atoms with Crippen LogP contribution in [0.1, 0.15) is 52.0 Å². The first kappa shape index (κ1) is 20.6. The Bertz CT molecular complexity index is 1180. The summed E-state index contributed by atoms with van der Waals surface area (Å²) in [6, 6.07) is 20.7. The molecule has 1 aliphatic rings. The number of carbonyl (C=O) groups excluding carboxylic acids is 1. The number of nitrogens with zero attached hydrogens (tertiary/aromatic N) is 3. The molecule has 32 heavy (non-hydrogen) atoms. The SMILES string of the molecule is O=C(Cc1csc(Cc2ccccc2)n1)NC1CCCc2c1cnn2Cc1ccccc1. The van der Waals surface area contributed by atoms with E-state index in [0.29, 0.717) is 6.42 Å². The zero-order valence-corrected chi connectivity index (χ0v) is 18.7.